The van der Waals surface area contributed by atoms with Crippen LogP contribution in [0.5, 0.6) is 0 Å². The summed E-state index contributed by atoms with van der Waals surface area (Å²) < 4.78 is 14.8. The van der Waals surface area contributed by atoms with E-state index in [2.05, 4.69) is 10.1 Å². The van der Waals surface area contributed by atoms with Gasteiger partial charge in [-0.1, -0.05) is 0 Å². The summed E-state index contributed by atoms with van der Waals surface area (Å²) in [7, 11) is 0. The first kappa shape index (κ1) is 8.35. The Morgan fingerprint density at radius 1 is 1.27 bits per heavy atom. The molecule has 2 aromatic heterocycles. The first-order valence-electron chi connectivity index (χ1n) is 4.65. The monoisotopic (exact) mass is 201 g/mol. The predicted molar refractivity (Wildman–Crippen MR) is 55.2 cm³/mol. The van der Waals surface area contributed by atoms with E-state index in [1.165, 1.54) is 12.1 Å². The van der Waals surface area contributed by atoms with Gasteiger partial charge in [0.15, 0.2) is 0 Å². The first-order chi connectivity index (χ1) is 7.24. The standard InChI is InChI=1S/C11H8FN3/c1-7-4-9-6-13-10-3-2-8(12)5-11(10)15(9)14-7/h2-6H,1H3. The maximum Gasteiger partial charge on any atom is 0.125 e. The van der Waals surface area contributed by atoms with E-state index in [0.29, 0.717) is 5.52 Å². The number of nitrogens with zero attached hydrogens (tertiary/aromatic N) is 3. The Bertz CT molecular complexity index is 657. The van der Waals surface area contributed by atoms with Gasteiger partial charge in [-0.15, -0.1) is 0 Å². The van der Waals surface area contributed by atoms with Crippen LogP contribution >= 0.6 is 0 Å². The molecule has 0 fully saturated rings. The molecule has 0 aliphatic heterocycles. The van der Waals surface area contributed by atoms with Gasteiger partial charge in [0.25, 0.3) is 0 Å². The summed E-state index contributed by atoms with van der Waals surface area (Å²) >= 11 is 0. The van der Waals surface area contributed by atoms with E-state index in [4.69, 9.17) is 0 Å². The minimum atomic E-state index is -0.273. The second-order valence-corrected chi connectivity index (χ2v) is 3.51. The zero-order valence-corrected chi connectivity index (χ0v) is 8.11. The molecule has 0 N–H and O–H groups in total. The van der Waals surface area contributed by atoms with Gasteiger partial charge < -0.3 is 0 Å². The van der Waals surface area contributed by atoms with Crippen molar-refractivity contribution in [2.24, 2.45) is 0 Å². The number of aromatic nitrogens is 3. The molecule has 1 aromatic carbocycles. The Morgan fingerprint density at radius 2 is 2.13 bits per heavy atom. The largest absolute Gasteiger partial charge is 0.252 e. The van der Waals surface area contributed by atoms with Crippen LogP contribution in [0.25, 0.3) is 16.6 Å². The van der Waals surface area contributed by atoms with Crippen LogP contribution in [0.2, 0.25) is 0 Å². The summed E-state index contributed by atoms with van der Waals surface area (Å²) in [5, 5.41) is 4.29. The van der Waals surface area contributed by atoms with Gasteiger partial charge in [0, 0.05) is 6.07 Å². The highest BCUT2D eigenvalue weighted by Gasteiger charge is 2.04. The third-order valence-corrected chi connectivity index (χ3v) is 2.36. The highest BCUT2D eigenvalue weighted by atomic mass is 19.1. The Kier molecular flexibility index (Phi) is 1.54. The smallest absolute Gasteiger partial charge is 0.125 e. The van der Waals surface area contributed by atoms with Crippen LogP contribution in [0.4, 0.5) is 4.39 Å². The number of rotatable bonds is 0. The van der Waals surface area contributed by atoms with E-state index in [9.17, 15) is 4.39 Å². The average Bonchev–Trinajstić information content (AvgIpc) is 2.58. The third-order valence-electron chi connectivity index (χ3n) is 2.36. The number of halogens is 1. The highest BCUT2D eigenvalue weighted by molar-refractivity contribution is 5.77. The molecule has 0 aliphatic carbocycles. The normalized spacial score (nSPS) is 11.3. The van der Waals surface area contributed by atoms with Crippen molar-refractivity contribution in [1.82, 2.24) is 14.6 Å². The molecular weight excluding hydrogens is 193 g/mol. The van der Waals surface area contributed by atoms with Crippen molar-refractivity contribution in [3.8, 4) is 0 Å². The minimum Gasteiger partial charge on any atom is -0.252 e. The molecule has 0 spiro atoms. The van der Waals surface area contributed by atoms with E-state index in [0.717, 1.165) is 16.7 Å². The average molecular weight is 201 g/mol. The molecule has 3 nitrogen and oxygen atoms in total. The summed E-state index contributed by atoms with van der Waals surface area (Å²) in [6, 6.07) is 6.41. The van der Waals surface area contributed by atoms with E-state index < -0.39 is 0 Å². The van der Waals surface area contributed by atoms with Crippen LogP contribution in [0.3, 0.4) is 0 Å². The zero-order valence-electron chi connectivity index (χ0n) is 8.11. The van der Waals surface area contributed by atoms with Gasteiger partial charge in [0.05, 0.1) is 28.4 Å². The second-order valence-electron chi connectivity index (χ2n) is 3.51. The number of hydrogen-bond acceptors (Lipinski definition) is 2. The van der Waals surface area contributed by atoms with Crippen molar-refractivity contribution >= 4 is 16.6 Å². The highest BCUT2D eigenvalue weighted by Crippen LogP contribution is 2.15. The molecule has 0 saturated carbocycles. The van der Waals surface area contributed by atoms with E-state index in [-0.39, 0.29) is 5.82 Å². The second kappa shape index (κ2) is 2.76. The molecule has 15 heavy (non-hydrogen) atoms. The summed E-state index contributed by atoms with van der Waals surface area (Å²) in [4.78, 5) is 4.24. The molecule has 0 saturated heterocycles. The van der Waals surface area contributed by atoms with Crippen molar-refractivity contribution in [3.63, 3.8) is 0 Å². The number of benzene rings is 1. The van der Waals surface area contributed by atoms with Gasteiger partial charge in [-0.2, -0.15) is 5.10 Å². The molecule has 0 amide bonds. The summed E-state index contributed by atoms with van der Waals surface area (Å²) in [6.07, 6.45) is 1.74. The van der Waals surface area contributed by atoms with Gasteiger partial charge in [-0.25, -0.2) is 8.91 Å². The van der Waals surface area contributed by atoms with Crippen molar-refractivity contribution in [1.29, 1.82) is 0 Å². The van der Waals surface area contributed by atoms with Crippen molar-refractivity contribution in [2.45, 2.75) is 6.92 Å². The Labute approximate surface area is 85.2 Å². The maximum atomic E-state index is 13.1. The summed E-state index contributed by atoms with van der Waals surface area (Å²) in [5.74, 6) is -0.273. The van der Waals surface area contributed by atoms with Crippen LogP contribution in [-0.2, 0) is 0 Å². The molecule has 4 heteroatoms. The quantitative estimate of drug-likeness (QED) is 0.558. The lowest BCUT2D eigenvalue weighted by molar-refractivity contribution is 0.628. The predicted octanol–water partition coefficient (Wildman–Crippen LogP) is 2.33. The van der Waals surface area contributed by atoms with E-state index in [1.54, 1.807) is 16.8 Å². The maximum absolute atomic E-state index is 13.1. The van der Waals surface area contributed by atoms with Crippen LogP contribution in [0.1, 0.15) is 5.69 Å². The Hall–Kier alpha value is -1.97. The molecule has 3 rings (SSSR count). The van der Waals surface area contributed by atoms with Gasteiger partial charge in [-0.05, 0) is 25.1 Å². The SMILES string of the molecule is Cc1cc2cnc3ccc(F)cc3n2n1. The molecular formula is C11H8FN3. The summed E-state index contributed by atoms with van der Waals surface area (Å²) in [5.41, 5.74) is 3.21. The van der Waals surface area contributed by atoms with Crippen LogP contribution in [0, 0.1) is 12.7 Å². The van der Waals surface area contributed by atoms with Crippen LogP contribution in [-0.4, -0.2) is 14.6 Å². The van der Waals surface area contributed by atoms with Crippen molar-refractivity contribution in [3.05, 3.63) is 42.0 Å². The molecule has 0 radical (unpaired) electrons. The molecule has 3 aromatic rings. The third kappa shape index (κ3) is 1.18. The molecule has 0 atom stereocenters. The van der Waals surface area contributed by atoms with Crippen molar-refractivity contribution in [2.75, 3.05) is 0 Å². The van der Waals surface area contributed by atoms with E-state index in [1.807, 2.05) is 13.0 Å². The zero-order chi connectivity index (χ0) is 10.4. The lowest BCUT2D eigenvalue weighted by atomic mass is 10.3. The van der Waals surface area contributed by atoms with Gasteiger partial charge in [0.1, 0.15) is 5.82 Å². The number of aryl methyl sites for hydroxylation is 1. The number of fused-ring (bicyclic) bond motifs is 3. The topological polar surface area (TPSA) is 30.2 Å². The van der Waals surface area contributed by atoms with E-state index >= 15 is 0 Å². The molecule has 0 bridgehead atoms. The Morgan fingerprint density at radius 3 is 3.00 bits per heavy atom. The first-order valence-corrected chi connectivity index (χ1v) is 4.65. The van der Waals surface area contributed by atoms with Crippen LogP contribution in [0.15, 0.2) is 30.5 Å². The van der Waals surface area contributed by atoms with Gasteiger partial charge in [0.2, 0.25) is 0 Å². The summed E-state index contributed by atoms with van der Waals surface area (Å²) in [6.45, 7) is 1.90. The Balaban J connectivity index is 2.56. The molecule has 74 valence electrons. The molecule has 0 aliphatic rings. The minimum absolute atomic E-state index is 0.273. The van der Waals surface area contributed by atoms with Crippen molar-refractivity contribution < 1.29 is 4.39 Å². The van der Waals surface area contributed by atoms with Crippen LogP contribution < -0.4 is 0 Å². The fourth-order valence-electron chi connectivity index (χ4n) is 1.72. The lowest BCUT2D eigenvalue weighted by Gasteiger charge is -1.99. The van der Waals surface area contributed by atoms with Gasteiger partial charge >= 0.3 is 0 Å². The van der Waals surface area contributed by atoms with Gasteiger partial charge in [-0.3, -0.25) is 4.98 Å². The molecule has 2 heterocycles. The fraction of sp³-hybridized carbons (Fsp3) is 0.0909. The number of hydrogen-bond donors (Lipinski definition) is 0. The molecule has 0 unspecified atom stereocenters. The fourth-order valence-corrected chi connectivity index (χ4v) is 1.72. The lowest BCUT2D eigenvalue weighted by Crippen LogP contribution is -1.93.